The number of carbonyl (C=O) groups is 1. The number of benzene rings is 1. The number of anilines is 2. The lowest BCUT2D eigenvalue weighted by atomic mass is 9.87. The van der Waals surface area contributed by atoms with E-state index in [0.29, 0.717) is 25.0 Å². The first-order valence-electron chi connectivity index (χ1n) is 10.6. The maximum atomic E-state index is 13.0. The minimum absolute atomic E-state index is 0.0486. The van der Waals surface area contributed by atoms with Crippen LogP contribution in [0.25, 0.3) is 0 Å². The molecule has 148 valence electrons. The number of nitrogens with zero attached hydrogens (tertiary/aromatic N) is 4. The highest BCUT2D eigenvalue weighted by atomic mass is 16.4. The van der Waals surface area contributed by atoms with Crippen LogP contribution in [-0.4, -0.2) is 42.1 Å². The molecule has 0 spiro atoms. The monoisotopic (exact) mass is 380 g/mol. The van der Waals surface area contributed by atoms with Crippen LogP contribution in [0, 0.1) is 0 Å². The van der Waals surface area contributed by atoms with Gasteiger partial charge in [0, 0.05) is 24.7 Å². The summed E-state index contributed by atoms with van der Waals surface area (Å²) in [6, 6.07) is 8.78. The van der Waals surface area contributed by atoms with Gasteiger partial charge in [0.15, 0.2) is 0 Å². The van der Waals surface area contributed by atoms with Crippen LogP contribution in [0.1, 0.15) is 55.7 Å². The largest absolute Gasteiger partial charge is 0.431 e. The molecule has 0 atom stereocenters. The maximum Gasteiger partial charge on any atom is 0.332 e. The van der Waals surface area contributed by atoms with Gasteiger partial charge >= 0.3 is 12.0 Å². The predicted molar refractivity (Wildman–Crippen MR) is 109 cm³/mol. The highest BCUT2D eigenvalue weighted by Gasteiger charge is 2.34. The number of urea groups is 1. The molecule has 3 fully saturated rings. The van der Waals surface area contributed by atoms with E-state index in [9.17, 15) is 4.79 Å². The second-order valence-corrected chi connectivity index (χ2v) is 8.27. The summed E-state index contributed by atoms with van der Waals surface area (Å²) < 4.78 is 5.70. The van der Waals surface area contributed by atoms with Crippen LogP contribution in [0.2, 0.25) is 0 Å². The highest BCUT2D eigenvalue weighted by molar-refractivity contribution is 6.04. The lowest BCUT2D eigenvalue weighted by Crippen LogP contribution is -2.36. The molecular weight excluding hydrogens is 352 g/mol. The third-order valence-corrected chi connectivity index (χ3v) is 6.38. The maximum absolute atomic E-state index is 13.0. The third kappa shape index (κ3) is 3.41. The predicted octanol–water partition coefficient (Wildman–Crippen LogP) is 4.37. The summed E-state index contributed by atoms with van der Waals surface area (Å²) in [6.45, 7) is 4.66. The third-order valence-electron chi connectivity index (χ3n) is 6.38. The Morgan fingerprint density at radius 2 is 1.68 bits per heavy atom. The second kappa shape index (κ2) is 7.59. The molecule has 3 heterocycles. The van der Waals surface area contributed by atoms with Crippen molar-refractivity contribution in [2.75, 3.05) is 36.0 Å². The van der Waals surface area contributed by atoms with Gasteiger partial charge in [0.25, 0.3) is 0 Å². The standard InChI is InChI=1S/C22H28N4O2/c27-22-25(19-9-7-17(8-10-19)15-24-11-4-12-24)13-14-26(22)21-23-20(16-28-21)18-5-2-1-3-6-18/h7-10,16,18H,1-6,11-15H2. The minimum Gasteiger partial charge on any atom is -0.431 e. The van der Waals surface area contributed by atoms with Crippen LogP contribution in [0.15, 0.2) is 34.9 Å². The number of hydrogen-bond acceptors (Lipinski definition) is 4. The van der Waals surface area contributed by atoms with E-state index in [1.54, 1.807) is 11.2 Å². The Hall–Kier alpha value is -2.34. The average Bonchev–Trinajstić information content (AvgIpc) is 3.33. The molecule has 3 aliphatic rings. The fraction of sp³-hybridized carbons (Fsp3) is 0.545. The Balaban J connectivity index is 1.25. The van der Waals surface area contributed by atoms with Crippen molar-refractivity contribution in [1.29, 1.82) is 0 Å². The normalized spacial score (nSPS) is 21.4. The molecule has 0 N–H and O–H groups in total. The summed E-state index contributed by atoms with van der Waals surface area (Å²) in [5.41, 5.74) is 3.26. The van der Waals surface area contributed by atoms with Gasteiger partial charge in [-0.1, -0.05) is 31.4 Å². The first kappa shape index (κ1) is 17.7. The molecule has 2 amide bonds. The molecule has 2 aromatic rings. The van der Waals surface area contributed by atoms with E-state index in [0.717, 1.165) is 17.9 Å². The van der Waals surface area contributed by atoms with Crippen LogP contribution in [0.5, 0.6) is 0 Å². The summed E-state index contributed by atoms with van der Waals surface area (Å²) in [6.07, 6.45) is 9.25. The SMILES string of the molecule is O=C1N(c2ccc(CN3CCC3)cc2)CCN1c1nc(C2CCCCC2)co1. The molecule has 6 heteroatoms. The first-order chi connectivity index (χ1) is 13.8. The lowest BCUT2D eigenvalue weighted by Gasteiger charge is -2.30. The fourth-order valence-electron chi connectivity index (χ4n) is 4.52. The molecule has 1 aromatic carbocycles. The molecule has 1 saturated carbocycles. The molecule has 1 aliphatic carbocycles. The quantitative estimate of drug-likeness (QED) is 0.773. The van der Waals surface area contributed by atoms with Gasteiger partial charge in [0.2, 0.25) is 0 Å². The number of aromatic nitrogens is 1. The molecule has 5 rings (SSSR count). The van der Waals surface area contributed by atoms with Crippen LogP contribution in [0.3, 0.4) is 0 Å². The van der Waals surface area contributed by atoms with Crippen LogP contribution in [0.4, 0.5) is 16.5 Å². The highest BCUT2D eigenvalue weighted by Crippen LogP contribution is 2.34. The van der Waals surface area contributed by atoms with E-state index in [2.05, 4.69) is 34.1 Å². The van der Waals surface area contributed by atoms with E-state index in [1.165, 1.54) is 57.2 Å². The summed E-state index contributed by atoms with van der Waals surface area (Å²) >= 11 is 0. The summed E-state index contributed by atoms with van der Waals surface area (Å²) in [7, 11) is 0. The summed E-state index contributed by atoms with van der Waals surface area (Å²) in [4.78, 5) is 23.5. The van der Waals surface area contributed by atoms with Crippen molar-refractivity contribution in [3.05, 3.63) is 41.8 Å². The Morgan fingerprint density at radius 1 is 0.929 bits per heavy atom. The second-order valence-electron chi connectivity index (χ2n) is 8.27. The Morgan fingerprint density at radius 3 is 2.39 bits per heavy atom. The number of oxazole rings is 1. The molecule has 0 bridgehead atoms. The van der Waals surface area contributed by atoms with Crippen LogP contribution >= 0.6 is 0 Å². The molecule has 2 aliphatic heterocycles. The van der Waals surface area contributed by atoms with E-state index in [1.807, 2.05) is 4.90 Å². The average molecular weight is 380 g/mol. The zero-order valence-corrected chi connectivity index (χ0v) is 16.3. The van der Waals surface area contributed by atoms with Gasteiger partial charge in [-0.25, -0.2) is 9.69 Å². The van der Waals surface area contributed by atoms with Crippen molar-refractivity contribution in [1.82, 2.24) is 9.88 Å². The van der Waals surface area contributed by atoms with Gasteiger partial charge in [-0.05, 0) is 50.0 Å². The molecule has 0 radical (unpaired) electrons. The zero-order valence-electron chi connectivity index (χ0n) is 16.3. The number of hydrogen-bond donors (Lipinski definition) is 0. The lowest BCUT2D eigenvalue weighted by molar-refractivity contribution is 0.172. The fourth-order valence-corrected chi connectivity index (χ4v) is 4.52. The van der Waals surface area contributed by atoms with Crippen molar-refractivity contribution in [2.24, 2.45) is 0 Å². The van der Waals surface area contributed by atoms with Gasteiger partial charge in [-0.3, -0.25) is 9.80 Å². The molecular formula is C22H28N4O2. The first-order valence-corrected chi connectivity index (χ1v) is 10.6. The number of rotatable bonds is 5. The van der Waals surface area contributed by atoms with Gasteiger partial charge in [-0.15, -0.1) is 0 Å². The zero-order chi connectivity index (χ0) is 18.9. The van der Waals surface area contributed by atoms with E-state index < -0.39 is 0 Å². The van der Waals surface area contributed by atoms with Gasteiger partial charge in [0.1, 0.15) is 6.26 Å². The smallest absolute Gasteiger partial charge is 0.332 e. The summed E-state index contributed by atoms with van der Waals surface area (Å²) in [5, 5.41) is 0. The topological polar surface area (TPSA) is 52.8 Å². The Bertz CT molecular complexity index is 821. The van der Waals surface area contributed by atoms with Crippen molar-refractivity contribution >= 4 is 17.7 Å². The van der Waals surface area contributed by atoms with Crippen molar-refractivity contribution < 1.29 is 9.21 Å². The van der Waals surface area contributed by atoms with Crippen molar-refractivity contribution in [3.8, 4) is 0 Å². The molecule has 0 unspecified atom stereocenters. The van der Waals surface area contributed by atoms with Crippen LogP contribution < -0.4 is 9.80 Å². The number of carbonyl (C=O) groups excluding carboxylic acids is 1. The molecule has 28 heavy (non-hydrogen) atoms. The Labute approximate surface area is 166 Å². The van der Waals surface area contributed by atoms with Gasteiger partial charge in [-0.2, -0.15) is 4.98 Å². The molecule has 1 aromatic heterocycles. The van der Waals surface area contributed by atoms with E-state index in [4.69, 9.17) is 4.42 Å². The van der Waals surface area contributed by atoms with Crippen molar-refractivity contribution in [2.45, 2.75) is 51.0 Å². The van der Waals surface area contributed by atoms with Crippen LogP contribution in [-0.2, 0) is 6.54 Å². The molecule has 2 saturated heterocycles. The summed E-state index contributed by atoms with van der Waals surface area (Å²) in [5.74, 6) is 0.485. The van der Waals surface area contributed by atoms with Gasteiger partial charge in [0.05, 0.1) is 12.2 Å². The molecule has 6 nitrogen and oxygen atoms in total. The number of likely N-dealkylation sites (tertiary alicyclic amines) is 1. The minimum atomic E-state index is -0.0486. The van der Waals surface area contributed by atoms with Crippen molar-refractivity contribution in [3.63, 3.8) is 0 Å². The Kier molecular flexibility index (Phi) is 4.81. The number of amides is 2. The van der Waals surface area contributed by atoms with E-state index >= 15 is 0 Å². The van der Waals surface area contributed by atoms with E-state index in [-0.39, 0.29) is 6.03 Å². The van der Waals surface area contributed by atoms with Gasteiger partial charge < -0.3 is 4.42 Å².